The Morgan fingerprint density at radius 1 is 1.12 bits per heavy atom. The third kappa shape index (κ3) is 4.42. The van der Waals surface area contributed by atoms with Crippen LogP contribution in [0.2, 0.25) is 0 Å². The zero-order valence-electron chi connectivity index (χ0n) is 14.9. The van der Waals surface area contributed by atoms with Crippen molar-refractivity contribution in [3.8, 4) is 0 Å². The lowest BCUT2D eigenvalue weighted by Crippen LogP contribution is -2.49. The summed E-state index contributed by atoms with van der Waals surface area (Å²) >= 11 is 0. The Morgan fingerprint density at radius 2 is 1.84 bits per heavy atom. The number of nitrogens with one attached hydrogen (secondary N) is 1. The van der Waals surface area contributed by atoms with E-state index in [1.54, 1.807) is 0 Å². The fraction of sp³-hybridized carbons (Fsp3) is 0.632. The van der Waals surface area contributed by atoms with Crippen LogP contribution in [0.5, 0.6) is 0 Å². The van der Waals surface area contributed by atoms with Crippen molar-refractivity contribution >= 4 is 15.9 Å². The Balaban J connectivity index is 1.69. The summed E-state index contributed by atoms with van der Waals surface area (Å²) in [5.41, 5.74) is 1.77. The van der Waals surface area contributed by atoms with Crippen LogP contribution in [0.3, 0.4) is 0 Å². The van der Waals surface area contributed by atoms with Crippen molar-refractivity contribution in [1.29, 1.82) is 0 Å². The van der Waals surface area contributed by atoms with Crippen LogP contribution in [0.4, 0.5) is 0 Å². The van der Waals surface area contributed by atoms with Crippen LogP contribution in [0, 0.1) is 6.92 Å². The third-order valence-electron chi connectivity index (χ3n) is 5.41. The van der Waals surface area contributed by atoms with E-state index in [1.807, 2.05) is 31.2 Å². The van der Waals surface area contributed by atoms with Crippen molar-refractivity contribution in [1.82, 2.24) is 9.62 Å². The fourth-order valence-electron chi connectivity index (χ4n) is 3.93. The summed E-state index contributed by atoms with van der Waals surface area (Å²) in [6.07, 6.45) is 6.90. The maximum Gasteiger partial charge on any atom is 0.238 e. The zero-order valence-corrected chi connectivity index (χ0v) is 15.7. The van der Waals surface area contributed by atoms with Crippen molar-refractivity contribution in [3.05, 3.63) is 35.4 Å². The Kier molecular flexibility index (Phi) is 5.79. The number of hydrogen-bond donors (Lipinski definition) is 1. The van der Waals surface area contributed by atoms with Crippen molar-refractivity contribution in [2.45, 2.75) is 69.7 Å². The van der Waals surface area contributed by atoms with E-state index in [1.165, 1.54) is 10.7 Å². The molecule has 1 saturated heterocycles. The van der Waals surface area contributed by atoms with E-state index in [9.17, 15) is 13.2 Å². The first-order chi connectivity index (χ1) is 12.0. The average molecular weight is 365 g/mol. The molecule has 2 aliphatic rings. The predicted molar refractivity (Wildman–Crippen MR) is 98.5 cm³/mol. The van der Waals surface area contributed by atoms with Gasteiger partial charge in [0.05, 0.1) is 5.75 Å². The van der Waals surface area contributed by atoms with Crippen LogP contribution in [-0.2, 0) is 20.6 Å². The van der Waals surface area contributed by atoms with Gasteiger partial charge in [0.2, 0.25) is 15.9 Å². The molecule has 1 aliphatic carbocycles. The lowest BCUT2D eigenvalue weighted by molar-refractivity contribution is -0.125. The molecule has 1 atom stereocenters. The summed E-state index contributed by atoms with van der Waals surface area (Å²) in [5.74, 6) is -0.148. The van der Waals surface area contributed by atoms with E-state index in [2.05, 4.69) is 5.32 Å². The van der Waals surface area contributed by atoms with Gasteiger partial charge in [-0.15, -0.1) is 0 Å². The molecule has 1 saturated carbocycles. The van der Waals surface area contributed by atoms with Gasteiger partial charge in [-0.3, -0.25) is 4.79 Å². The number of sulfonamides is 1. The molecule has 0 aromatic heterocycles. The maximum absolute atomic E-state index is 12.9. The molecule has 5 nitrogen and oxygen atoms in total. The molecule has 0 radical (unpaired) electrons. The topological polar surface area (TPSA) is 66.5 Å². The van der Waals surface area contributed by atoms with E-state index in [-0.39, 0.29) is 17.7 Å². The molecule has 1 aliphatic heterocycles. The molecule has 1 aromatic carbocycles. The standard InChI is InChI=1S/C19H28N2O3S/c1-15-8-5-6-9-16(15)14-25(23,24)21-13-7-12-18(21)19(22)20-17-10-3-2-4-11-17/h5-6,8-9,17-18H,2-4,7,10-14H2,1H3,(H,20,22)/t18-/m0/s1. The Morgan fingerprint density at radius 3 is 2.56 bits per heavy atom. The number of benzene rings is 1. The monoisotopic (exact) mass is 364 g/mol. The molecule has 1 amide bonds. The Labute approximate surface area is 150 Å². The number of hydrogen-bond acceptors (Lipinski definition) is 3. The van der Waals surface area contributed by atoms with E-state index in [0.29, 0.717) is 13.0 Å². The number of nitrogens with zero attached hydrogens (tertiary/aromatic N) is 1. The summed E-state index contributed by atoms with van der Waals surface area (Å²) in [6.45, 7) is 2.36. The highest BCUT2D eigenvalue weighted by Gasteiger charge is 2.39. The van der Waals surface area contributed by atoms with E-state index in [4.69, 9.17) is 0 Å². The average Bonchev–Trinajstić information content (AvgIpc) is 3.09. The number of aryl methyl sites for hydroxylation is 1. The first-order valence-corrected chi connectivity index (χ1v) is 10.9. The summed E-state index contributed by atoms with van der Waals surface area (Å²) in [5, 5.41) is 3.09. The largest absolute Gasteiger partial charge is 0.352 e. The summed E-state index contributed by atoms with van der Waals surface area (Å²) in [4.78, 5) is 12.7. The first kappa shape index (κ1) is 18.4. The van der Waals surface area contributed by atoms with Gasteiger partial charge in [-0.1, -0.05) is 43.5 Å². The van der Waals surface area contributed by atoms with Crippen molar-refractivity contribution in [3.63, 3.8) is 0 Å². The molecule has 25 heavy (non-hydrogen) atoms. The normalized spacial score (nSPS) is 22.8. The molecule has 1 heterocycles. The number of rotatable bonds is 5. The fourth-order valence-corrected chi connectivity index (χ4v) is 5.81. The van der Waals surface area contributed by atoms with Crippen LogP contribution < -0.4 is 5.32 Å². The van der Waals surface area contributed by atoms with Gasteiger partial charge in [0, 0.05) is 12.6 Å². The van der Waals surface area contributed by atoms with E-state index < -0.39 is 16.1 Å². The third-order valence-corrected chi connectivity index (χ3v) is 7.24. The SMILES string of the molecule is Cc1ccccc1CS(=O)(=O)N1CCC[C@H]1C(=O)NC1CCCCC1. The van der Waals surface area contributed by atoms with Crippen LogP contribution in [0.15, 0.2) is 24.3 Å². The molecule has 1 aromatic rings. The Bertz CT molecular complexity index is 711. The smallest absolute Gasteiger partial charge is 0.238 e. The maximum atomic E-state index is 12.9. The van der Waals surface area contributed by atoms with Gasteiger partial charge in [-0.25, -0.2) is 8.42 Å². The molecule has 0 bridgehead atoms. The lowest BCUT2D eigenvalue weighted by atomic mass is 9.95. The number of amides is 1. The highest BCUT2D eigenvalue weighted by atomic mass is 32.2. The van der Waals surface area contributed by atoms with Gasteiger partial charge in [0.25, 0.3) is 0 Å². The van der Waals surface area contributed by atoms with E-state index in [0.717, 1.165) is 43.2 Å². The second-order valence-corrected chi connectivity index (χ2v) is 9.22. The minimum atomic E-state index is -3.50. The molecule has 2 fully saturated rings. The van der Waals surface area contributed by atoms with Gasteiger partial charge < -0.3 is 5.32 Å². The van der Waals surface area contributed by atoms with Crippen LogP contribution in [-0.4, -0.2) is 37.3 Å². The van der Waals surface area contributed by atoms with Gasteiger partial charge in [-0.05, 0) is 43.7 Å². The molecule has 0 spiro atoms. The van der Waals surface area contributed by atoms with E-state index >= 15 is 0 Å². The van der Waals surface area contributed by atoms with Crippen molar-refractivity contribution in [2.75, 3.05) is 6.54 Å². The van der Waals surface area contributed by atoms with Crippen LogP contribution in [0.25, 0.3) is 0 Å². The number of carbonyl (C=O) groups excluding carboxylic acids is 1. The predicted octanol–water partition coefficient (Wildman–Crippen LogP) is 2.74. The minimum Gasteiger partial charge on any atom is -0.352 e. The zero-order chi connectivity index (χ0) is 17.9. The van der Waals surface area contributed by atoms with Gasteiger partial charge in [0.1, 0.15) is 6.04 Å². The van der Waals surface area contributed by atoms with Crippen LogP contribution >= 0.6 is 0 Å². The first-order valence-electron chi connectivity index (χ1n) is 9.32. The van der Waals surface area contributed by atoms with Crippen LogP contribution in [0.1, 0.15) is 56.1 Å². The molecule has 6 heteroatoms. The molecular formula is C19H28N2O3S. The van der Waals surface area contributed by atoms with Gasteiger partial charge >= 0.3 is 0 Å². The second kappa shape index (κ2) is 7.87. The number of carbonyl (C=O) groups is 1. The Hall–Kier alpha value is -1.40. The van der Waals surface area contributed by atoms with Crippen molar-refractivity contribution < 1.29 is 13.2 Å². The van der Waals surface area contributed by atoms with Crippen molar-refractivity contribution in [2.24, 2.45) is 0 Å². The quantitative estimate of drug-likeness (QED) is 0.874. The summed E-state index contributed by atoms with van der Waals surface area (Å²) in [7, 11) is -3.50. The molecule has 1 N–H and O–H groups in total. The second-order valence-electron chi connectivity index (χ2n) is 7.29. The minimum absolute atomic E-state index is 0.0348. The molecule has 3 rings (SSSR count). The summed E-state index contributed by atoms with van der Waals surface area (Å²) in [6, 6.07) is 7.19. The highest BCUT2D eigenvalue weighted by Crippen LogP contribution is 2.25. The lowest BCUT2D eigenvalue weighted by Gasteiger charge is -2.28. The van der Waals surface area contributed by atoms with Gasteiger partial charge in [-0.2, -0.15) is 4.31 Å². The molecule has 0 unspecified atom stereocenters. The molecular weight excluding hydrogens is 336 g/mol. The summed E-state index contributed by atoms with van der Waals surface area (Å²) < 4.78 is 27.2. The molecule has 138 valence electrons. The highest BCUT2D eigenvalue weighted by molar-refractivity contribution is 7.88. The van der Waals surface area contributed by atoms with Gasteiger partial charge in [0.15, 0.2) is 0 Å².